The van der Waals surface area contributed by atoms with E-state index in [1.54, 1.807) is 13.1 Å². The van der Waals surface area contributed by atoms with Gasteiger partial charge in [0.2, 0.25) is 10.0 Å². The van der Waals surface area contributed by atoms with Crippen LogP contribution in [-0.4, -0.2) is 40.3 Å². The molecule has 1 unspecified atom stereocenters. The van der Waals surface area contributed by atoms with Crippen molar-refractivity contribution >= 4 is 21.2 Å². The minimum absolute atomic E-state index is 0.0663. The summed E-state index contributed by atoms with van der Waals surface area (Å²) in [5.74, 6) is 1.19. The van der Waals surface area contributed by atoms with E-state index in [1.165, 1.54) is 16.4 Å². The Morgan fingerprint density at radius 3 is 2.83 bits per heavy atom. The van der Waals surface area contributed by atoms with Crippen LogP contribution in [0.2, 0.25) is 0 Å². The zero-order valence-corrected chi connectivity index (χ0v) is 17.8. The first-order chi connectivity index (χ1) is 14.4. The molecule has 1 aromatic carbocycles. The summed E-state index contributed by atoms with van der Waals surface area (Å²) < 4.78 is 43.9. The molecule has 0 bridgehead atoms. The maximum Gasteiger partial charge on any atom is 0.243 e. The van der Waals surface area contributed by atoms with E-state index in [0.717, 1.165) is 48.7 Å². The number of hydrogen-bond donors (Lipinski definition) is 0. The number of rotatable bonds is 5. The minimum atomic E-state index is -3.73. The average Bonchev–Trinajstić information content (AvgIpc) is 3.53. The standard InChI is InChI=1S/C22H25FN4O2S/c1-15-6-9-18(23)12-20(15)30(28,29)26-11-3-4-16(13-26)14-27-21(17-7-8-17)25-19-5-2-10-24-22(19)27/h2,5-6,9-10,12,16-17H,3-4,7-8,11,13-14H2,1H3. The van der Waals surface area contributed by atoms with E-state index >= 15 is 0 Å². The van der Waals surface area contributed by atoms with E-state index < -0.39 is 15.8 Å². The molecule has 3 heterocycles. The predicted molar refractivity (Wildman–Crippen MR) is 112 cm³/mol. The summed E-state index contributed by atoms with van der Waals surface area (Å²) in [5.41, 5.74) is 2.34. The van der Waals surface area contributed by atoms with Gasteiger partial charge in [-0.05, 0) is 68.4 Å². The predicted octanol–water partition coefficient (Wildman–Crippen LogP) is 3.86. The molecule has 6 nitrogen and oxygen atoms in total. The lowest BCUT2D eigenvalue weighted by Crippen LogP contribution is -2.41. The fourth-order valence-electron chi connectivity index (χ4n) is 4.45. The van der Waals surface area contributed by atoms with Crippen molar-refractivity contribution in [2.45, 2.75) is 50.0 Å². The third-order valence-electron chi connectivity index (χ3n) is 6.17. The third kappa shape index (κ3) is 3.52. The monoisotopic (exact) mass is 428 g/mol. The Kier molecular flexibility index (Phi) is 4.86. The van der Waals surface area contributed by atoms with Gasteiger partial charge in [-0.15, -0.1) is 0 Å². The summed E-state index contributed by atoms with van der Waals surface area (Å²) in [5, 5.41) is 0. The van der Waals surface area contributed by atoms with Crippen molar-refractivity contribution in [2.24, 2.45) is 5.92 Å². The summed E-state index contributed by atoms with van der Waals surface area (Å²) in [6.45, 7) is 3.30. The molecule has 0 N–H and O–H groups in total. The van der Waals surface area contributed by atoms with Gasteiger partial charge in [-0.25, -0.2) is 22.8 Å². The molecule has 158 valence electrons. The van der Waals surface area contributed by atoms with Gasteiger partial charge in [-0.2, -0.15) is 4.31 Å². The van der Waals surface area contributed by atoms with Gasteiger partial charge in [-0.3, -0.25) is 0 Å². The van der Waals surface area contributed by atoms with Gasteiger partial charge in [0.25, 0.3) is 0 Å². The lowest BCUT2D eigenvalue weighted by molar-refractivity contribution is 0.245. The number of hydrogen-bond acceptors (Lipinski definition) is 4. The molecule has 0 amide bonds. The highest BCUT2D eigenvalue weighted by molar-refractivity contribution is 7.89. The molecule has 2 aliphatic rings. The Balaban J connectivity index is 1.42. The van der Waals surface area contributed by atoms with Crippen molar-refractivity contribution in [1.82, 2.24) is 18.8 Å². The number of piperidine rings is 1. The van der Waals surface area contributed by atoms with Crippen molar-refractivity contribution in [2.75, 3.05) is 13.1 Å². The Labute approximate surface area is 175 Å². The number of halogens is 1. The third-order valence-corrected chi connectivity index (χ3v) is 8.17. The highest BCUT2D eigenvalue weighted by atomic mass is 32.2. The Bertz CT molecular complexity index is 1200. The second kappa shape index (κ2) is 7.42. The van der Waals surface area contributed by atoms with Crippen molar-refractivity contribution in [3.63, 3.8) is 0 Å². The van der Waals surface area contributed by atoms with Crippen molar-refractivity contribution in [3.05, 3.63) is 53.7 Å². The molecule has 1 saturated carbocycles. The van der Waals surface area contributed by atoms with Crippen LogP contribution in [0.3, 0.4) is 0 Å². The van der Waals surface area contributed by atoms with Crippen molar-refractivity contribution < 1.29 is 12.8 Å². The summed E-state index contributed by atoms with van der Waals surface area (Å²) in [6, 6.07) is 7.83. The number of benzene rings is 1. The molecular formula is C22H25FN4O2S. The molecule has 2 fully saturated rings. The van der Waals surface area contributed by atoms with Gasteiger partial charge in [-0.1, -0.05) is 6.07 Å². The lowest BCUT2D eigenvalue weighted by Gasteiger charge is -2.32. The molecule has 1 atom stereocenters. The van der Waals surface area contributed by atoms with Crippen LogP contribution in [-0.2, 0) is 16.6 Å². The normalized spacial score (nSPS) is 20.7. The largest absolute Gasteiger partial charge is 0.312 e. The number of imidazole rings is 1. The number of fused-ring (bicyclic) bond motifs is 1. The van der Waals surface area contributed by atoms with Crippen LogP contribution in [0.5, 0.6) is 0 Å². The van der Waals surface area contributed by atoms with Crippen molar-refractivity contribution in [1.29, 1.82) is 0 Å². The van der Waals surface area contributed by atoms with E-state index in [1.807, 2.05) is 12.1 Å². The van der Waals surface area contributed by atoms with Crippen LogP contribution in [0.15, 0.2) is 41.4 Å². The summed E-state index contributed by atoms with van der Waals surface area (Å²) in [6.07, 6.45) is 5.81. The van der Waals surface area contributed by atoms with Crippen molar-refractivity contribution in [3.8, 4) is 0 Å². The van der Waals surface area contributed by atoms with Gasteiger partial charge >= 0.3 is 0 Å². The summed E-state index contributed by atoms with van der Waals surface area (Å²) >= 11 is 0. The highest BCUT2D eigenvalue weighted by Gasteiger charge is 2.34. The minimum Gasteiger partial charge on any atom is -0.312 e. The molecule has 1 aliphatic heterocycles. The molecule has 3 aromatic rings. The van der Waals surface area contributed by atoms with E-state index in [2.05, 4.69) is 9.55 Å². The number of pyridine rings is 1. The lowest BCUT2D eigenvalue weighted by atomic mass is 9.99. The molecule has 30 heavy (non-hydrogen) atoms. The quantitative estimate of drug-likeness (QED) is 0.619. The van der Waals surface area contributed by atoms with Gasteiger partial charge in [0.1, 0.15) is 17.2 Å². The van der Waals surface area contributed by atoms with E-state index in [0.29, 0.717) is 31.1 Å². The van der Waals surface area contributed by atoms with E-state index in [4.69, 9.17) is 4.98 Å². The topological polar surface area (TPSA) is 68.1 Å². The van der Waals surface area contributed by atoms with E-state index in [9.17, 15) is 12.8 Å². The first-order valence-electron chi connectivity index (χ1n) is 10.5. The van der Waals surface area contributed by atoms with Crippen LogP contribution in [0, 0.1) is 18.7 Å². The first-order valence-corrected chi connectivity index (χ1v) is 11.9. The maximum absolute atomic E-state index is 13.7. The Morgan fingerprint density at radius 1 is 1.20 bits per heavy atom. The molecule has 0 spiro atoms. The SMILES string of the molecule is Cc1ccc(F)cc1S(=O)(=O)N1CCCC(Cn2c(C3CC3)nc3cccnc32)C1. The van der Waals surface area contributed by atoms with Crippen LogP contribution >= 0.6 is 0 Å². The number of sulfonamides is 1. The van der Waals surface area contributed by atoms with Gasteiger partial charge in [0.05, 0.1) is 4.90 Å². The fraction of sp³-hybridized carbons (Fsp3) is 0.455. The first kappa shape index (κ1) is 19.6. The summed E-state index contributed by atoms with van der Waals surface area (Å²) in [4.78, 5) is 9.41. The van der Waals surface area contributed by atoms with Crippen LogP contribution < -0.4 is 0 Å². The maximum atomic E-state index is 13.7. The second-order valence-corrected chi connectivity index (χ2v) is 10.4. The molecule has 8 heteroatoms. The second-order valence-electron chi connectivity index (χ2n) is 8.48. The average molecular weight is 429 g/mol. The van der Waals surface area contributed by atoms with Crippen LogP contribution in [0.25, 0.3) is 11.2 Å². The molecule has 2 aromatic heterocycles. The Morgan fingerprint density at radius 2 is 2.03 bits per heavy atom. The summed E-state index contributed by atoms with van der Waals surface area (Å²) in [7, 11) is -3.73. The van der Waals surface area contributed by atoms with Gasteiger partial charge in [0.15, 0.2) is 5.65 Å². The number of nitrogens with zero attached hydrogens (tertiary/aromatic N) is 4. The number of aryl methyl sites for hydroxylation is 1. The molecule has 5 rings (SSSR count). The van der Waals surface area contributed by atoms with Crippen LogP contribution in [0.1, 0.15) is 43.0 Å². The van der Waals surface area contributed by atoms with Gasteiger partial charge < -0.3 is 4.57 Å². The zero-order valence-electron chi connectivity index (χ0n) is 17.0. The molecule has 1 saturated heterocycles. The molecular weight excluding hydrogens is 403 g/mol. The van der Waals surface area contributed by atoms with Gasteiger partial charge in [0, 0.05) is 31.7 Å². The molecule has 0 radical (unpaired) electrons. The Hall–Kier alpha value is -2.32. The fourth-order valence-corrected chi connectivity index (χ4v) is 6.24. The zero-order chi connectivity index (χ0) is 20.9. The molecule has 1 aliphatic carbocycles. The number of aromatic nitrogens is 3. The highest BCUT2D eigenvalue weighted by Crippen LogP contribution is 2.41. The smallest absolute Gasteiger partial charge is 0.243 e. The van der Waals surface area contributed by atoms with E-state index in [-0.39, 0.29) is 10.8 Å². The van der Waals surface area contributed by atoms with Crippen LogP contribution in [0.4, 0.5) is 4.39 Å².